The number of hydrogen-bond donors (Lipinski definition) is 0. The van der Waals surface area contributed by atoms with Gasteiger partial charge in [-0.1, -0.05) is 12.1 Å². The van der Waals surface area contributed by atoms with Gasteiger partial charge in [0.1, 0.15) is 13.7 Å². The van der Waals surface area contributed by atoms with Gasteiger partial charge in [-0.15, -0.1) is 6.58 Å². The summed E-state index contributed by atoms with van der Waals surface area (Å²) in [5.41, 5.74) is -0.102. The predicted octanol–water partition coefficient (Wildman–Crippen LogP) is 1.15. The molecular formula is C4H4BF. The average molecular weight is 81.9 g/mol. The van der Waals surface area contributed by atoms with Crippen molar-refractivity contribution in [3.8, 4) is 0 Å². The van der Waals surface area contributed by atoms with Gasteiger partial charge in [-0.25, -0.2) is 4.39 Å². The zero-order chi connectivity index (χ0) is 5.15. The third-order valence-corrected chi connectivity index (χ3v) is 0.348. The molecule has 30 valence electrons. The first-order valence-electron chi connectivity index (χ1n) is 1.43. The monoisotopic (exact) mass is 82.0 g/mol. The molecule has 2 heteroatoms. The second-order valence-electron chi connectivity index (χ2n) is 0.930. The predicted molar refractivity (Wildman–Crippen MR) is 25.1 cm³/mol. The summed E-state index contributed by atoms with van der Waals surface area (Å²) in [5, 5.41) is 0. The summed E-state index contributed by atoms with van der Waals surface area (Å²) >= 11 is 0. The first-order chi connectivity index (χ1) is 2.64. The molecule has 0 aromatic rings. The summed E-state index contributed by atoms with van der Waals surface area (Å²) in [5.74, 6) is -0.657. The van der Waals surface area contributed by atoms with Crippen molar-refractivity contribution < 1.29 is 4.39 Å². The number of rotatable bonds is 1. The van der Waals surface area contributed by atoms with Crippen LogP contribution in [-0.4, -0.2) is 7.85 Å². The Morgan fingerprint density at radius 1 is 1.50 bits per heavy atom. The highest BCUT2D eigenvalue weighted by Gasteiger charge is 1.82. The molecule has 0 N–H and O–H groups in total. The SMILES string of the molecule is [B]C(=C)C(=C)F. The lowest BCUT2D eigenvalue weighted by atomic mass is 9.98. The van der Waals surface area contributed by atoms with Crippen molar-refractivity contribution in [2.24, 2.45) is 0 Å². The van der Waals surface area contributed by atoms with Gasteiger partial charge in [-0.05, 0) is 0 Å². The molecule has 0 aromatic heterocycles. The molecule has 2 radical (unpaired) electrons. The van der Waals surface area contributed by atoms with E-state index in [4.69, 9.17) is 7.85 Å². The van der Waals surface area contributed by atoms with Crippen molar-refractivity contribution in [2.45, 2.75) is 0 Å². The van der Waals surface area contributed by atoms with Crippen molar-refractivity contribution in [2.75, 3.05) is 0 Å². The fourth-order valence-corrected chi connectivity index (χ4v) is 0. The van der Waals surface area contributed by atoms with Gasteiger partial charge in [0.25, 0.3) is 0 Å². The van der Waals surface area contributed by atoms with Crippen molar-refractivity contribution in [3.05, 3.63) is 24.5 Å². The van der Waals surface area contributed by atoms with E-state index in [1.54, 1.807) is 0 Å². The molecule has 0 spiro atoms. The summed E-state index contributed by atoms with van der Waals surface area (Å²) < 4.78 is 11.4. The maximum absolute atomic E-state index is 11.4. The quantitative estimate of drug-likeness (QED) is 0.328. The third kappa shape index (κ3) is 1.76. The molecule has 0 unspecified atom stereocenters. The zero-order valence-corrected chi connectivity index (χ0v) is 3.37. The Labute approximate surface area is 37.8 Å². The van der Waals surface area contributed by atoms with E-state index in [-0.39, 0.29) is 5.47 Å². The van der Waals surface area contributed by atoms with Gasteiger partial charge in [-0.2, -0.15) is 0 Å². The summed E-state index contributed by atoms with van der Waals surface area (Å²) in [7, 11) is 4.77. The smallest absolute Gasteiger partial charge is 0.117 e. The van der Waals surface area contributed by atoms with Crippen LogP contribution in [0, 0.1) is 0 Å². The Balaban J connectivity index is 3.57. The van der Waals surface area contributed by atoms with Gasteiger partial charge in [0.2, 0.25) is 0 Å². The molecule has 0 saturated heterocycles. The van der Waals surface area contributed by atoms with E-state index in [1.165, 1.54) is 0 Å². The second-order valence-corrected chi connectivity index (χ2v) is 0.930. The number of halogens is 1. The normalized spacial score (nSPS) is 7.50. The van der Waals surface area contributed by atoms with Crippen LogP contribution in [0.4, 0.5) is 4.39 Å². The van der Waals surface area contributed by atoms with E-state index in [0.29, 0.717) is 0 Å². The van der Waals surface area contributed by atoms with E-state index in [9.17, 15) is 4.39 Å². The molecule has 0 aliphatic carbocycles. The molecular weight excluding hydrogens is 77.9 g/mol. The van der Waals surface area contributed by atoms with Crippen LogP contribution in [0.25, 0.3) is 0 Å². The van der Waals surface area contributed by atoms with Crippen LogP contribution in [0.2, 0.25) is 0 Å². The van der Waals surface area contributed by atoms with E-state index in [2.05, 4.69) is 13.2 Å². The van der Waals surface area contributed by atoms with Crippen LogP contribution in [0.15, 0.2) is 24.5 Å². The second kappa shape index (κ2) is 1.80. The highest BCUT2D eigenvalue weighted by molar-refractivity contribution is 6.23. The molecule has 0 bridgehead atoms. The van der Waals surface area contributed by atoms with Crippen LogP contribution in [-0.2, 0) is 0 Å². The number of hydrogen-bond acceptors (Lipinski definition) is 0. The lowest BCUT2D eigenvalue weighted by Gasteiger charge is -1.83. The lowest BCUT2D eigenvalue weighted by molar-refractivity contribution is 0.667. The Kier molecular flexibility index (Phi) is 1.64. The maximum atomic E-state index is 11.4. The van der Waals surface area contributed by atoms with Gasteiger partial charge in [0.05, 0.1) is 0 Å². The summed E-state index contributed by atoms with van der Waals surface area (Å²) in [6, 6.07) is 0. The average Bonchev–Trinajstić information content (AvgIpc) is 1.36. The molecule has 0 aromatic carbocycles. The van der Waals surface area contributed by atoms with Gasteiger partial charge >= 0.3 is 0 Å². The minimum atomic E-state index is -0.657. The third-order valence-electron chi connectivity index (χ3n) is 0.348. The largest absolute Gasteiger partial charge is 0.208 e. The number of allylic oxidation sites excluding steroid dienone is 2. The van der Waals surface area contributed by atoms with Crippen LogP contribution < -0.4 is 0 Å². The standard InChI is InChI=1S/C4H4BF/c1-3(5)4(2)6/h1-2H2. The molecule has 0 atom stereocenters. The van der Waals surface area contributed by atoms with Crippen molar-refractivity contribution in [3.63, 3.8) is 0 Å². The minimum Gasteiger partial charge on any atom is -0.208 e. The minimum absolute atomic E-state index is 0.102. The molecule has 0 saturated carbocycles. The molecule has 0 fully saturated rings. The van der Waals surface area contributed by atoms with E-state index in [0.717, 1.165) is 0 Å². The van der Waals surface area contributed by atoms with Crippen LogP contribution in [0.5, 0.6) is 0 Å². The maximum Gasteiger partial charge on any atom is 0.117 e. The van der Waals surface area contributed by atoms with Gasteiger partial charge < -0.3 is 0 Å². The topological polar surface area (TPSA) is 0 Å². The van der Waals surface area contributed by atoms with E-state index < -0.39 is 5.83 Å². The summed E-state index contributed by atoms with van der Waals surface area (Å²) in [6.07, 6.45) is 0. The lowest BCUT2D eigenvalue weighted by Crippen LogP contribution is -1.72. The molecule has 6 heavy (non-hydrogen) atoms. The summed E-state index contributed by atoms with van der Waals surface area (Å²) in [6.45, 7) is 5.92. The first kappa shape index (κ1) is 5.47. The van der Waals surface area contributed by atoms with Crippen molar-refractivity contribution >= 4 is 7.85 Å². The zero-order valence-electron chi connectivity index (χ0n) is 3.37. The Hall–Kier alpha value is -0.525. The van der Waals surface area contributed by atoms with E-state index >= 15 is 0 Å². The molecule has 0 heterocycles. The van der Waals surface area contributed by atoms with Gasteiger partial charge in [0, 0.05) is 0 Å². The highest BCUT2D eigenvalue weighted by Crippen LogP contribution is 1.97. The van der Waals surface area contributed by atoms with Crippen LogP contribution in [0.3, 0.4) is 0 Å². The van der Waals surface area contributed by atoms with Gasteiger partial charge in [-0.3, -0.25) is 0 Å². The molecule has 0 rings (SSSR count). The summed E-state index contributed by atoms with van der Waals surface area (Å²) in [4.78, 5) is 0. The Morgan fingerprint density at radius 3 is 1.67 bits per heavy atom. The van der Waals surface area contributed by atoms with Gasteiger partial charge in [0.15, 0.2) is 0 Å². The van der Waals surface area contributed by atoms with Crippen molar-refractivity contribution in [1.29, 1.82) is 0 Å². The molecule has 0 aliphatic rings. The molecule has 0 nitrogen and oxygen atoms in total. The van der Waals surface area contributed by atoms with Crippen LogP contribution in [0.1, 0.15) is 0 Å². The molecule has 0 amide bonds. The van der Waals surface area contributed by atoms with E-state index in [1.807, 2.05) is 0 Å². The first-order valence-corrected chi connectivity index (χ1v) is 1.43. The molecule has 0 aliphatic heterocycles. The fraction of sp³-hybridized carbons (Fsp3) is 0. The van der Waals surface area contributed by atoms with Crippen molar-refractivity contribution in [1.82, 2.24) is 0 Å². The van der Waals surface area contributed by atoms with Crippen LogP contribution >= 0.6 is 0 Å². The Bertz CT molecular complexity index is 73.5. The Morgan fingerprint density at radius 2 is 1.67 bits per heavy atom. The fourth-order valence-electron chi connectivity index (χ4n) is 0. The highest BCUT2D eigenvalue weighted by atomic mass is 19.1.